The lowest BCUT2D eigenvalue weighted by molar-refractivity contribution is -0.384. The summed E-state index contributed by atoms with van der Waals surface area (Å²) >= 11 is 0. The Balaban J connectivity index is 2.02. The van der Waals surface area contributed by atoms with Gasteiger partial charge < -0.3 is 15.6 Å². The Labute approximate surface area is 111 Å². The normalized spacial score (nSPS) is 19.4. The number of non-ortho nitro benzene ring substituents is 1. The van der Waals surface area contributed by atoms with Crippen molar-refractivity contribution in [1.82, 2.24) is 4.90 Å². The van der Waals surface area contributed by atoms with Crippen molar-refractivity contribution in [2.24, 2.45) is 11.8 Å². The van der Waals surface area contributed by atoms with Gasteiger partial charge in [-0.15, -0.1) is 0 Å². The van der Waals surface area contributed by atoms with Gasteiger partial charge in [-0.1, -0.05) is 0 Å². The van der Waals surface area contributed by atoms with Gasteiger partial charge in [0, 0.05) is 30.9 Å². The van der Waals surface area contributed by atoms with Crippen LogP contribution in [0.2, 0.25) is 0 Å². The van der Waals surface area contributed by atoms with Crippen LogP contribution in [0.3, 0.4) is 0 Å². The molecule has 2 rings (SSSR count). The van der Waals surface area contributed by atoms with Crippen LogP contribution in [0.4, 0.5) is 17.1 Å². The van der Waals surface area contributed by atoms with Crippen molar-refractivity contribution in [2.45, 2.75) is 6.42 Å². The fourth-order valence-electron chi connectivity index (χ4n) is 2.36. The van der Waals surface area contributed by atoms with Crippen molar-refractivity contribution in [3.8, 4) is 0 Å². The lowest BCUT2D eigenvalue weighted by Crippen LogP contribution is -2.19. The number of likely N-dealkylation sites (tertiary alicyclic amines) is 1. The second-order valence-electron chi connectivity index (χ2n) is 4.97. The number of nitro benzene ring substituents is 1. The van der Waals surface area contributed by atoms with Crippen LogP contribution in [0.1, 0.15) is 6.42 Å². The van der Waals surface area contributed by atoms with Crippen molar-refractivity contribution in [1.29, 1.82) is 0 Å². The first kappa shape index (κ1) is 13.6. The Morgan fingerprint density at radius 2 is 2.21 bits per heavy atom. The third-order valence-corrected chi connectivity index (χ3v) is 3.38. The minimum atomic E-state index is -0.421. The molecule has 0 spiro atoms. The number of benzene rings is 1. The molecule has 1 aliphatic heterocycles. The van der Waals surface area contributed by atoms with Crippen molar-refractivity contribution in [2.75, 3.05) is 37.4 Å². The van der Waals surface area contributed by atoms with Crippen LogP contribution in [-0.4, -0.2) is 36.5 Å². The molecule has 1 aliphatic rings. The fraction of sp³-hybridized carbons (Fsp3) is 0.500. The van der Waals surface area contributed by atoms with Crippen LogP contribution in [0.25, 0.3) is 0 Å². The van der Waals surface area contributed by atoms with Crippen LogP contribution in [0, 0.1) is 16.0 Å². The van der Waals surface area contributed by atoms with Crippen LogP contribution in [-0.2, 0) is 0 Å². The van der Waals surface area contributed by atoms with Gasteiger partial charge in [-0.3, -0.25) is 16.0 Å². The number of hydrogen-bond donors (Lipinski definition) is 3. The Bertz CT molecular complexity index is 465. The van der Waals surface area contributed by atoms with E-state index in [-0.39, 0.29) is 5.69 Å². The molecule has 1 fully saturated rings. The average Bonchev–Trinajstić information content (AvgIpc) is 2.81. The quantitative estimate of drug-likeness (QED) is 0.421. The second-order valence-corrected chi connectivity index (χ2v) is 4.97. The monoisotopic (exact) mass is 265 g/mol. The maximum absolute atomic E-state index is 10.8. The largest absolute Gasteiger partial charge is 0.384 e. The molecule has 1 atom stereocenters. The molecule has 0 aliphatic carbocycles. The SMILES string of the molecule is CN1CCC(CNc2cc(NN)cc([N+](=O)[O-])c2)C1. The number of hydrogen-bond acceptors (Lipinski definition) is 6. The van der Waals surface area contributed by atoms with E-state index < -0.39 is 4.92 Å². The number of nitrogens with zero attached hydrogens (tertiary/aromatic N) is 2. The fourth-order valence-corrected chi connectivity index (χ4v) is 2.36. The van der Waals surface area contributed by atoms with Crippen LogP contribution < -0.4 is 16.6 Å². The molecule has 1 saturated heterocycles. The zero-order chi connectivity index (χ0) is 13.8. The summed E-state index contributed by atoms with van der Waals surface area (Å²) in [6.45, 7) is 2.98. The smallest absolute Gasteiger partial charge is 0.273 e. The lowest BCUT2D eigenvalue weighted by atomic mass is 10.1. The summed E-state index contributed by atoms with van der Waals surface area (Å²) in [5, 5.41) is 14.1. The molecule has 4 N–H and O–H groups in total. The molecule has 1 heterocycles. The van der Waals surface area contributed by atoms with Crippen molar-refractivity contribution < 1.29 is 4.92 Å². The molecule has 1 unspecified atom stereocenters. The minimum absolute atomic E-state index is 0.0292. The number of rotatable bonds is 5. The molecule has 1 aromatic carbocycles. The van der Waals surface area contributed by atoms with E-state index in [9.17, 15) is 10.1 Å². The third kappa shape index (κ3) is 3.55. The van der Waals surface area contributed by atoms with Gasteiger partial charge in [0.2, 0.25) is 0 Å². The van der Waals surface area contributed by atoms with Gasteiger partial charge in [0.05, 0.1) is 10.6 Å². The first-order chi connectivity index (χ1) is 9.08. The molecule has 7 heteroatoms. The van der Waals surface area contributed by atoms with E-state index >= 15 is 0 Å². The van der Waals surface area contributed by atoms with Gasteiger partial charge in [-0.25, -0.2) is 0 Å². The van der Waals surface area contributed by atoms with Gasteiger partial charge >= 0.3 is 0 Å². The molecule has 104 valence electrons. The molecular formula is C12H19N5O2. The highest BCUT2D eigenvalue weighted by atomic mass is 16.6. The van der Waals surface area contributed by atoms with Gasteiger partial charge in [0.25, 0.3) is 5.69 Å². The van der Waals surface area contributed by atoms with Crippen LogP contribution in [0.5, 0.6) is 0 Å². The highest BCUT2D eigenvalue weighted by molar-refractivity contribution is 5.63. The minimum Gasteiger partial charge on any atom is -0.384 e. The van der Waals surface area contributed by atoms with E-state index in [0.717, 1.165) is 31.7 Å². The van der Waals surface area contributed by atoms with E-state index in [1.807, 2.05) is 0 Å². The number of nitro groups is 1. The number of nitrogens with one attached hydrogen (secondary N) is 2. The molecule has 7 nitrogen and oxygen atoms in total. The van der Waals surface area contributed by atoms with Gasteiger partial charge in [-0.05, 0) is 32.0 Å². The lowest BCUT2D eigenvalue weighted by Gasteiger charge is -2.13. The topological polar surface area (TPSA) is 96.5 Å². The maximum Gasteiger partial charge on any atom is 0.273 e. The van der Waals surface area contributed by atoms with E-state index in [4.69, 9.17) is 5.84 Å². The Hall–Kier alpha value is -1.86. The summed E-state index contributed by atoms with van der Waals surface area (Å²) in [4.78, 5) is 12.7. The second kappa shape index (κ2) is 5.85. The van der Waals surface area contributed by atoms with Crippen LogP contribution >= 0.6 is 0 Å². The Morgan fingerprint density at radius 3 is 2.79 bits per heavy atom. The predicted octanol–water partition coefficient (Wildman–Crippen LogP) is 1.24. The van der Waals surface area contributed by atoms with Crippen molar-refractivity contribution >= 4 is 17.1 Å². The summed E-state index contributed by atoms with van der Waals surface area (Å²) in [6.07, 6.45) is 1.15. The average molecular weight is 265 g/mol. The van der Waals surface area contributed by atoms with Crippen molar-refractivity contribution in [3.63, 3.8) is 0 Å². The summed E-state index contributed by atoms with van der Waals surface area (Å²) in [5.41, 5.74) is 3.72. The molecular weight excluding hydrogens is 246 g/mol. The highest BCUT2D eigenvalue weighted by Crippen LogP contribution is 2.24. The Morgan fingerprint density at radius 1 is 1.47 bits per heavy atom. The molecule has 0 radical (unpaired) electrons. The number of hydrazine groups is 1. The maximum atomic E-state index is 10.8. The van der Waals surface area contributed by atoms with Gasteiger partial charge in [0.15, 0.2) is 0 Å². The summed E-state index contributed by atoms with van der Waals surface area (Å²) in [7, 11) is 2.10. The molecule has 0 aromatic heterocycles. The van der Waals surface area contributed by atoms with E-state index in [0.29, 0.717) is 11.6 Å². The van der Waals surface area contributed by atoms with Crippen molar-refractivity contribution in [3.05, 3.63) is 28.3 Å². The summed E-state index contributed by atoms with van der Waals surface area (Å²) < 4.78 is 0. The zero-order valence-electron chi connectivity index (χ0n) is 10.9. The number of nitrogens with two attached hydrogens (primary N) is 1. The van der Waals surface area contributed by atoms with Gasteiger partial charge in [0.1, 0.15) is 0 Å². The summed E-state index contributed by atoms with van der Waals surface area (Å²) in [6, 6.07) is 4.71. The number of nitrogen functional groups attached to an aromatic ring is 1. The molecule has 19 heavy (non-hydrogen) atoms. The van der Waals surface area contributed by atoms with Crippen LogP contribution in [0.15, 0.2) is 18.2 Å². The van der Waals surface area contributed by atoms with E-state index in [1.54, 1.807) is 6.07 Å². The molecule has 0 amide bonds. The van der Waals surface area contributed by atoms with E-state index in [2.05, 4.69) is 22.7 Å². The predicted molar refractivity (Wildman–Crippen MR) is 75.0 cm³/mol. The number of anilines is 2. The zero-order valence-corrected chi connectivity index (χ0v) is 10.9. The highest BCUT2D eigenvalue weighted by Gasteiger charge is 2.19. The first-order valence-corrected chi connectivity index (χ1v) is 6.27. The molecule has 0 bridgehead atoms. The van der Waals surface area contributed by atoms with Gasteiger partial charge in [-0.2, -0.15) is 0 Å². The standard InChI is InChI=1S/C12H19N5O2/c1-16-3-2-9(8-16)7-14-10-4-11(15-13)6-12(5-10)17(18)19/h4-6,9,14-15H,2-3,7-8,13H2,1H3. The molecule has 1 aromatic rings. The molecule has 0 saturated carbocycles. The third-order valence-electron chi connectivity index (χ3n) is 3.38. The summed E-state index contributed by atoms with van der Waals surface area (Å²) in [5.74, 6) is 5.90. The first-order valence-electron chi connectivity index (χ1n) is 6.27. The van der Waals surface area contributed by atoms with E-state index in [1.165, 1.54) is 12.1 Å². The Kier molecular flexibility index (Phi) is 4.18.